The predicted molar refractivity (Wildman–Crippen MR) is 105 cm³/mol. The Labute approximate surface area is 160 Å². The van der Waals surface area contributed by atoms with E-state index in [9.17, 15) is 9.59 Å². The number of hydrogen-bond acceptors (Lipinski definition) is 4. The molecule has 6 nitrogen and oxygen atoms in total. The van der Waals surface area contributed by atoms with Gasteiger partial charge in [0, 0.05) is 32.4 Å². The third-order valence-electron chi connectivity index (χ3n) is 4.95. The molecule has 1 fully saturated rings. The molecule has 2 heterocycles. The minimum absolute atomic E-state index is 0.132. The standard InChI is InChI=1S/C21H27N3O3/c1-16(22-20(25)18-10-13-27-15-18)21(26)23(2)14-17-6-8-19(9-7-17)24-11-4-3-5-12-24/h6-10,13,15-16H,3-5,11-12,14H2,1-2H3,(H,22,25)/t16-/m1/s1. The van der Waals surface area contributed by atoms with Crippen molar-refractivity contribution in [2.24, 2.45) is 0 Å². The summed E-state index contributed by atoms with van der Waals surface area (Å²) in [6.07, 6.45) is 6.61. The molecule has 1 saturated heterocycles. The first-order valence-corrected chi connectivity index (χ1v) is 9.46. The highest BCUT2D eigenvalue weighted by atomic mass is 16.3. The van der Waals surface area contributed by atoms with Crippen LogP contribution in [-0.2, 0) is 11.3 Å². The Kier molecular flexibility index (Phi) is 6.16. The number of carbonyl (C=O) groups excluding carboxylic acids is 2. The highest BCUT2D eigenvalue weighted by molar-refractivity contribution is 5.97. The number of anilines is 1. The number of amides is 2. The van der Waals surface area contributed by atoms with Gasteiger partial charge in [-0.1, -0.05) is 12.1 Å². The van der Waals surface area contributed by atoms with Crippen molar-refractivity contribution >= 4 is 17.5 Å². The fraction of sp³-hybridized carbons (Fsp3) is 0.429. The Bertz CT molecular complexity index is 749. The molecule has 6 heteroatoms. The van der Waals surface area contributed by atoms with Crippen molar-refractivity contribution in [2.75, 3.05) is 25.0 Å². The number of carbonyl (C=O) groups is 2. The van der Waals surface area contributed by atoms with Crippen LogP contribution in [0.1, 0.15) is 42.1 Å². The summed E-state index contributed by atoms with van der Waals surface area (Å²) in [5.74, 6) is -0.448. The van der Waals surface area contributed by atoms with E-state index in [1.54, 1.807) is 24.9 Å². The molecule has 2 aromatic rings. The summed E-state index contributed by atoms with van der Waals surface area (Å²) in [7, 11) is 1.75. The van der Waals surface area contributed by atoms with Gasteiger partial charge in [0.2, 0.25) is 5.91 Å². The monoisotopic (exact) mass is 369 g/mol. The first kappa shape index (κ1) is 19.0. The Morgan fingerprint density at radius 1 is 1.15 bits per heavy atom. The molecule has 1 aromatic carbocycles. The minimum Gasteiger partial charge on any atom is -0.472 e. The molecular formula is C21H27N3O3. The summed E-state index contributed by atoms with van der Waals surface area (Å²) in [6, 6.07) is 9.36. The fourth-order valence-electron chi connectivity index (χ4n) is 3.38. The molecule has 0 saturated carbocycles. The van der Waals surface area contributed by atoms with Crippen LogP contribution in [0.4, 0.5) is 5.69 Å². The molecule has 0 aliphatic carbocycles. The van der Waals surface area contributed by atoms with Crippen LogP contribution in [0.3, 0.4) is 0 Å². The van der Waals surface area contributed by atoms with Crippen molar-refractivity contribution in [3.05, 3.63) is 54.0 Å². The maximum Gasteiger partial charge on any atom is 0.255 e. The van der Waals surface area contributed by atoms with E-state index in [0.29, 0.717) is 12.1 Å². The smallest absolute Gasteiger partial charge is 0.255 e. The van der Waals surface area contributed by atoms with Gasteiger partial charge in [0.15, 0.2) is 0 Å². The lowest BCUT2D eigenvalue weighted by Crippen LogP contribution is -2.45. The summed E-state index contributed by atoms with van der Waals surface area (Å²) in [5.41, 5.74) is 2.72. The lowest BCUT2D eigenvalue weighted by atomic mass is 10.1. The molecule has 1 aromatic heterocycles. The van der Waals surface area contributed by atoms with E-state index in [-0.39, 0.29) is 11.8 Å². The number of piperidine rings is 1. The molecule has 1 aliphatic rings. The van der Waals surface area contributed by atoms with Crippen LogP contribution in [0.2, 0.25) is 0 Å². The second kappa shape index (κ2) is 8.75. The van der Waals surface area contributed by atoms with Crippen molar-refractivity contribution in [3.63, 3.8) is 0 Å². The molecule has 1 aliphatic heterocycles. The largest absolute Gasteiger partial charge is 0.472 e. The van der Waals surface area contributed by atoms with Crippen molar-refractivity contribution < 1.29 is 14.0 Å². The molecule has 0 radical (unpaired) electrons. The Morgan fingerprint density at radius 2 is 1.85 bits per heavy atom. The van der Waals surface area contributed by atoms with E-state index in [1.165, 1.54) is 37.5 Å². The van der Waals surface area contributed by atoms with Gasteiger partial charge in [-0.25, -0.2) is 0 Å². The minimum atomic E-state index is -0.606. The van der Waals surface area contributed by atoms with Gasteiger partial charge in [0.25, 0.3) is 5.91 Å². The first-order valence-electron chi connectivity index (χ1n) is 9.46. The van der Waals surface area contributed by atoms with Crippen molar-refractivity contribution in [1.29, 1.82) is 0 Å². The Balaban J connectivity index is 1.53. The van der Waals surface area contributed by atoms with Gasteiger partial charge in [-0.2, -0.15) is 0 Å². The lowest BCUT2D eigenvalue weighted by Gasteiger charge is -2.29. The van der Waals surface area contributed by atoms with E-state index in [1.807, 2.05) is 0 Å². The van der Waals surface area contributed by atoms with Crippen molar-refractivity contribution in [3.8, 4) is 0 Å². The van der Waals surface area contributed by atoms with E-state index >= 15 is 0 Å². The van der Waals surface area contributed by atoms with E-state index in [2.05, 4.69) is 34.5 Å². The predicted octanol–water partition coefficient (Wildman–Crippen LogP) is 3.05. The molecule has 0 bridgehead atoms. The normalized spacial score (nSPS) is 15.3. The molecular weight excluding hydrogens is 342 g/mol. The number of furan rings is 1. The Morgan fingerprint density at radius 3 is 2.48 bits per heavy atom. The number of benzene rings is 1. The van der Waals surface area contributed by atoms with Gasteiger partial charge >= 0.3 is 0 Å². The second-order valence-corrected chi connectivity index (χ2v) is 7.12. The second-order valence-electron chi connectivity index (χ2n) is 7.12. The van der Waals surface area contributed by atoms with Crippen LogP contribution in [-0.4, -0.2) is 42.9 Å². The van der Waals surface area contributed by atoms with Gasteiger partial charge in [-0.3, -0.25) is 9.59 Å². The lowest BCUT2D eigenvalue weighted by molar-refractivity contribution is -0.132. The van der Waals surface area contributed by atoms with Crippen LogP contribution >= 0.6 is 0 Å². The SMILES string of the molecule is C[C@@H](NC(=O)c1ccoc1)C(=O)N(C)Cc1ccc(N2CCCCC2)cc1. The molecule has 0 unspecified atom stereocenters. The molecule has 1 N–H and O–H groups in total. The number of nitrogens with zero attached hydrogens (tertiary/aromatic N) is 2. The van der Waals surface area contributed by atoms with Gasteiger partial charge in [0.1, 0.15) is 12.3 Å². The average molecular weight is 369 g/mol. The summed E-state index contributed by atoms with van der Waals surface area (Å²) in [5, 5.41) is 2.70. The maximum atomic E-state index is 12.5. The molecule has 2 amide bonds. The summed E-state index contributed by atoms with van der Waals surface area (Å²) in [4.78, 5) is 28.6. The number of nitrogens with one attached hydrogen (secondary N) is 1. The van der Waals surface area contributed by atoms with Gasteiger partial charge in [-0.05, 0) is 49.9 Å². The van der Waals surface area contributed by atoms with Crippen LogP contribution < -0.4 is 10.2 Å². The topological polar surface area (TPSA) is 65.8 Å². The summed E-state index contributed by atoms with van der Waals surface area (Å²) in [6.45, 7) is 4.43. The zero-order valence-electron chi connectivity index (χ0n) is 16.0. The fourth-order valence-corrected chi connectivity index (χ4v) is 3.38. The molecule has 3 rings (SSSR count). The van der Waals surface area contributed by atoms with Crippen molar-refractivity contribution in [1.82, 2.24) is 10.2 Å². The van der Waals surface area contributed by atoms with Crippen LogP contribution in [0, 0.1) is 0 Å². The average Bonchev–Trinajstić information content (AvgIpc) is 3.23. The van der Waals surface area contributed by atoms with Crippen LogP contribution in [0.5, 0.6) is 0 Å². The van der Waals surface area contributed by atoms with E-state index < -0.39 is 6.04 Å². The number of rotatable bonds is 6. The van der Waals surface area contributed by atoms with Crippen LogP contribution in [0.25, 0.3) is 0 Å². The van der Waals surface area contributed by atoms with Gasteiger partial charge in [0.05, 0.1) is 11.8 Å². The highest BCUT2D eigenvalue weighted by Crippen LogP contribution is 2.20. The van der Waals surface area contributed by atoms with E-state index in [4.69, 9.17) is 4.42 Å². The zero-order valence-corrected chi connectivity index (χ0v) is 16.0. The molecule has 0 spiro atoms. The van der Waals surface area contributed by atoms with Crippen LogP contribution in [0.15, 0.2) is 47.3 Å². The van der Waals surface area contributed by atoms with Crippen molar-refractivity contribution in [2.45, 2.75) is 38.8 Å². The summed E-state index contributed by atoms with van der Waals surface area (Å²) >= 11 is 0. The molecule has 144 valence electrons. The highest BCUT2D eigenvalue weighted by Gasteiger charge is 2.21. The maximum absolute atomic E-state index is 12.5. The quantitative estimate of drug-likeness (QED) is 0.850. The molecule has 1 atom stereocenters. The number of likely N-dealkylation sites (N-methyl/N-ethyl adjacent to an activating group) is 1. The third kappa shape index (κ3) is 4.90. The van der Waals surface area contributed by atoms with Gasteiger partial charge < -0.3 is 19.5 Å². The van der Waals surface area contributed by atoms with Gasteiger partial charge in [-0.15, -0.1) is 0 Å². The zero-order chi connectivity index (χ0) is 19.2. The molecule has 27 heavy (non-hydrogen) atoms. The van der Waals surface area contributed by atoms with E-state index in [0.717, 1.165) is 18.7 Å². The Hall–Kier alpha value is -2.76. The first-order chi connectivity index (χ1) is 13.0. The number of hydrogen-bond donors (Lipinski definition) is 1. The third-order valence-corrected chi connectivity index (χ3v) is 4.95. The summed E-state index contributed by atoms with van der Waals surface area (Å²) < 4.78 is 4.90.